The van der Waals surface area contributed by atoms with E-state index in [4.69, 9.17) is 5.11 Å². The molecule has 0 saturated carbocycles. The SMILES string of the molecule is CN(C)Cc1cccc(NC(=O)NC(CCCO)c2ccccc2)c1. The first kappa shape index (κ1) is 19.0. The van der Waals surface area contributed by atoms with E-state index >= 15 is 0 Å². The fourth-order valence-corrected chi connectivity index (χ4v) is 2.74. The van der Waals surface area contributed by atoms with Gasteiger partial charge in [0.1, 0.15) is 0 Å². The van der Waals surface area contributed by atoms with Gasteiger partial charge in [0.2, 0.25) is 0 Å². The number of rotatable bonds is 8. The summed E-state index contributed by atoms with van der Waals surface area (Å²) >= 11 is 0. The summed E-state index contributed by atoms with van der Waals surface area (Å²) in [5, 5.41) is 15.0. The lowest BCUT2D eigenvalue weighted by molar-refractivity contribution is 0.244. The Hall–Kier alpha value is -2.37. The molecule has 0 saturated heterocycles. The van der Waals surface area contributed by atoms with Gasteiger partial charge < -0.3 is 20.6 Å². The van der Waals surface area contributed by atoms with E-state index in [9.17, 15) is 4.79 Å². The smallest absolute Gasteiger partial charge is 0.319 e. The highest BCUT2D eigenvalue weighted by Gasteiger charge is 2.14. The highest BCUT2D eigenvalue weighted by molar-refractivity contribution is 5.89. The summed E-state index contributed by atoms with van der Waals surface area (Å²) in [4.78, 5) is 14.5. The van der Waals surface area contributed by atoms with E-state index in [1.165, 1.54) is 0 Å². The number of urea groups is 1. The molecule has 2 aromatic carbocycles. The van der Waals surface area contributed by atoms with Gasteiger partial charge in [0.25, 0.3) is 0 Å². The van der Waals surface area contributed by atoms with Crippen LogP contribution in [-0.2, 0) is 6.54 Å². The molecule has 2 rings (SSSR count). The summed E-state index contributed by atoms with van der Waals surface area (Å²) in [5.41, 5.74) is 2.95. The minimum atomic E-state index is -0.242. The molecule has 0 spiro atoms. The van der Waals surface area contributed by atoms with Crippen molar-refractivity contribution in [3.63, 3.8) is 0 Å². The van der Waals surface area contributed by atoms with Crippen molar-refractivity contribution in [2.45, 2.75) is 25.4 Å². The molecule has 0 radical (unpaired) electrons. The lowest BCUT2D eigenvalue weighted by Crippen LogP contribution is -2.32. The topological polar surface area (TPSA) is 64.6 Å². The molecule has 5 nitrogen and oxygen atoms in total. The van der Waals surface area contributed by atoms with Crippen LogP contribution in [0.4, 0.5) is 10.5 Å². The minimum Gasteiger partial charge on any atom is -0.396 e. The molecule has 0 aliphatic carbocycles. The molecule has 3 N–H and O–H groups in total. The summed E-state index contributed by atoms with van der Waals surface area (Å²) < 4.78 is 0. The van der Waals surface area contributed by atoms with Crippen LogP contribution in [0.1, 0.15) is 30.0 Å². The lowest BCUT2D eigenvalue weighted by atomic mass is 10.0. The monoisotopic (exact) mass is 341 g/mol. The molecule has 2 amide bonds. The predicted molar refractivity (Wildman–Crippen MR) is 101 cm³/mol. The average molecular weight is 341 g/mol. The third kappa shape index (κ3) is 6.57. The van der Waals surface area contributed by atoms with E-state index in [1.54, 1.807) is 0 Å². The molecule has 2 aromatic rings. The Bertz CT molecular complexity index is 659. The first-order chi connectivity index (χ1) is 12.1. The Morgan fingerprint density at radius 3 is 2.56 bits per heavy atom. The maximum atomic E-state index is 12.4. The van der Waals surface area contributed by atoms with Gasteiger partial charge in [-0.1, -0.05) is 42.5 Å². The molecule has 0 aliphatic rings. The van der Waals surface area contributed by atoms with Crippen LogP contribution in [-0.4, -0.2) is 36.7 Å². The van der Waals surface area contributed by atoms with Crippen LogP contribution < -0.4 is 10.6 Å². The number of hydrogen-bond donors (Lipinski definition) is 3. The second kappa shape index (κ2) is 9.81. The van der Waals surface area contributed by atoms with Gasteiger partial charge in [0.05, 0.1) is 6.04 Å². The quantitative estimate of drug-likeness (QED) is 0.690. The third-order valence-corrected chi connectivity index (χ3v) is 3.84. The van der Waals surface area contributed by atoms with Crippen LogP contribution >= 0.6 is 0 Å². The van der Waals surface area contributed by atoms with Crippen LogP contribution in [0.5, 0.6) is 0 Å². The van der Waals surface area contributed by atoms with Gasteiger partial charge >= 0.3 is 6.03 Å². The number of anilines is 1. The molecule has 5 heteroatoms. The van der Waals surface area contributed by atoms with Gasteiger partial charge in [0.15, 0.2) is 0 Å². The number of hydrogen-bond acceptors (Lipinski definition) is 3. The van der Waals surface area contributed by atoms with E-state index in [-0.39, 0.29) is 18.7 Å². The normalized spacial score (nSPS) is 12.0. The maximum absolute atomic E-state index is 12.4. The highest BCUT2D eigenvalue weighted by Crippen LogP contribution is 2.19. The van der Waals surface area contributed by atoms with Crippen LogP contribution in [0.25, 0.3) is 0 Å². The molecule has 1 atom stereocenters. The van der Waals surface area contributed by atoms with Gasteiger partial charge in [-0.3, -0.25) is 0 Å². The lowest BCUT2D eigenvalue weighted by Gasteiger charge is -2.19. The number of nitrogens with one attached hydrogen (secondary N) is 2. The number of amides is 2. The Morgan fingerprint density at radius 2 is 1.88 bits per heavy atom. The van der Waals surface area contributed by atoms with Crippen molar-refractivity contribution in [3.8, 4) is 0 Å². The molecule has 0 aromatic heterocycles. The van der Waals surface area contributed by atoms with Crippen molar-refractivity contribution in [1.82, 2.24) is 10.2 Å². The maximum Gasteiger partial charge on any atom is 0.319 e. The van der Waals surface area contributed by atoms with Crippen molar-refractivity contribution < 1.29 is 9.90 Å². The Balaban J connectivity index is 2.01. The number of aliphatic hydroxyl groups excluding tert-OH is 1. The summed E-state index contributed by atoms with van der Waals surface area (Å²) in [5.74, 6) is 0. The zero-order valence-electron chi connectivity index (χ0n) is 14.9. The Labute approximate surface area is 149 Å². The second-order valence-electron chi connectivity index (χ2n) is 6.37. The summed E-state index contributed by atoms with van der Waals surface area (Å²) in [6, 6.07) is 17.3. The highest BCUT2D eigenvalue weighted by atomic mass is 16.3. The van der Waals surface area contributed by atoms with E-state index < -0.39 is 0 Å². The van der Waals surface area contributed by atoms with Crippen molar-refractivity contribution in [2.75, 3.05) is 26.0 Å². The number of carbonyl (C=O) groups is 1. The molecule has 1 unspecified atom stereocenters. The van der Waals surface area contributed by atoms with Gasteiger partial charge in [0, 0.05) is 18.8 Å². The zero-order chi connectivity index (χ0) is 18.1. The minimum absolute atomic E-state index is 0.110. The number of carbonyl (C=O) groups excluding carboxylic acids is 1. The van der Waals surface area contributed by atoms with Crippen LogP contribution in [0.15, 0.2) is 54.6 Å². The van der Waals surface area contributed by atoms with Crippen molar-refractivity contribution in [3.05, 3.63) is 65.7 Å². The van der Waals surface area contributed by atoms with E-state index in [1.807, 2.05) is 68.7 Å². The first-order valence-corrected chi connectivity index (χ1v) is 8.55. The molecular weight excluding hydrogens is 314 g/mol. The largest absolute Gasteiger partial charge is 0.396 e. The van der Waals surface area contributed by atoms with Crippen molar-refractivity contribution in [1.29, 1.82) is 0 Å². The Kier molecular flexibility index (Phi) is 7.44. The number of nitrogens with zero attached hydrogens (tertiary/aromatic N) is 1. The molecule has 0 aliphatic heterocycles. The van der Waals surface area contributed by atoms with E-state index in [2.05, 4.69) is 15.5 Å². The molecular formula is C20H27N3O2. The van der Waals surface area contributed by atoms with Crippen LogP contribution in [0.3, 0.4) is 0 Å². The summed E-state index contributed by atoms with van der Waals surface area (Å²) in [6.45, 7) is 0.930. The summed E-state index contributed by atoms with van der Waals surface area (Å²) in [7, 11) is 4.02. The van der Waals surface area contributed by atoms with E-state index in [0.29, 0.717) is 12.8 Å². The van der Waals surface area contributed by atoms with E-state index in [0.717, 1.165) is 23.4 Å². The molecule has 0 fully saturated rings. The van der Waals surface area contributed by atoms with Gasteiger partial charge in [-0.05, 0) is 50.2 Å². The zero-order valence-corrected chi connectivity index (χ0v) is 14.9. The van der Waals surface area contributed by atoms with Crippen molar-refractivity contribution in [2.24, 2.45) is 0 Å². The molecule has 0 heterocycles. The predicted octanol–water partition coefficient (Wildman–Crippen LogP) is 3.38. The molecule has 134 valence electrons. The fourth-order valence-electron chi connectivity index (χ4n) is 2.74. The number of aliphatic hydroxyl groups is 1. The standard InChI is InChI=1S/C20H27N3O2/c1-23(2)15-16-8-6-11-18(14-16)21-20(25)22-19(12-7-13-24)17-9-4-3-5-10-17/h3-6,8-11,14,19,24H,7,12-13,15H2,1-2H3,(H2,21,22,25). The van der Waals surface area contributed by atoms with Gasteiger partial charge in [-0.25, -0.2) is 4.79 Å². The second-order valence-corrected chi connectivity index (χ2v) is 6.37. The molecule has 25 heavy (non-hydrogen) atoms. The average Bonchev–Trinajstić information content (AvgIpc) is 2.59. The first-order valence-electron chi connectivity index (χ1n) is 8.55. The Morgan fingerprint density at radius 1 is 1.12 bits per heavy atom. The van der Waals surface area contributed by atoms with Crippen LogP contribution in [0, 0.1) is 0 Å². The third-order valence-electron chi connectivity index (χ3n) is 3.84. The van der Waals surface area contributed by atoms with Gasteiger partial charge in [-0.2, -0.15) is 0 Å². The molecule has 0 bridgehead atoms. The van der Waals surface area contributed by atoms with Crippen LogP contribution in [0.2, 0.25) is 0 Å². The fraction of sp³-hybridized carbons (Fsp3) is 0.350. The van der Waals surface area contributed by atoms with Crippen molar-refractivity contribution >= 4 is 11.7 Å². The summed E-state index contributed by atoms with van der Waals surface area (Å²) in [6.07, 6.45) is 1.33. The number of benzene rings is 2. The van der Waals surface area contributed by atoms with Gasteiger partial charge in [-0.15, -0.1) is 0 Å².